The van der Waals surface area contributed by atoms with Gasteiger partial charge >= 0.3 is 5.97 Å². The van der Waals surface area contributed by atoms with Crippen LogP contribution in [-0.2, 0) is 9.53 Å². The highest BCUT2D eigenvalue weighted by Gasteiger charge is 2.33. The molecular formula is C18H23NO2. The Kier molecular flexibility index (Phi) is 5.03. The minimum atomic E-state index is -0.430. The Labute approximate surface area is 127 Å². The van der Waals surface area contributed by atoms with Gasteiger partial charge in [0.2, 0.25) is 0 Å². The highest BCUT2D eigenvalue weighted by molar-refractivity contribution is 5.76. The average molecular weight is 285 g/mol. The molecule has 1 aliphatic rings. The predicted octanol–water partition coefficient (Wildman–Crippen LogP) is 2.84. The number of ether oxygens (including phenoxy) is 1. The summed E-state index contributed by atoms with van der Waals surface area (Å²) in [5.74, 6) is 6.17. The van der Waals surface area contributed by atoms with Gasteiger partial charge in [0, 0.05) is 12.1 Å². The average Bonchev–Trinajstić information content (AvgIpc) is 2.86. The monoisotopic (exact) mass is 285 g/mol. The van der Waals surface area contributed by atoms with Gasteiger partial charge in [-0.1, -0.05) is 30.0 Å². The van der Waals surface area contributed by atoms with Crippen molar-refractivity contribution in [2.75, 3.05) is 13.1 Å². The van der Waals surface area contributed by atoms with E-state index in [0.717, 1.165) is 24.9 Å². The largest absolute Gasteiger partial charge is 0.459 e. The van der Waals surface area contributed by atoms with E-state index in [-0.39, 0.29) is 12.0 Å². The number of nitrogens with zero attached hydrogens (tertiary/aromatic N) is 1. The molecule has 112 valence electrons. The van der Waals surface area contributed by atoms with Crippen molar-refractivity contribution in [2.45, 2.75) is 45.3 Å². The van der Waals surface area contributed by atoms with Crippen LogP contribution in [0.15, 0.2) is 30.3 Å². The van der Waals surface area contributed by atoms with Gasteiger partial charge in [0.15, 0.2) is 0 Å². The molecule has 1 heterocycles. The van der Waals surface area contributed by atoms with Crippen molar-refractivity contribution in [2.24, 2.45) is 0 Å². The van der Waals surface area contributed by atoms with Crippen LogP contribution in [0, 0.1) is 11.8 Å². The Hall–Kier alpha value is -1.79. The normalized spacial score (nSPS) is 18.9. The molecule has 2 rings (SSSR count). The molecule has 3 nitrogen and oxygen atoms in total. The van der Waals surface area contributed by atoms with Gasteiger partial charge in [0.25, 0.3) is 0 Å². The highest BCUT2D eigenvalue weighted by atomic mass is 16.6. The fraction of sp³-hybridized carbons (Fsp3) is 0.500. The molecule has 3 heteroatoms. The predicted molar refractivity (Wildman–Crippen MR) is 83.8 cm³/mol. The van der Waals surface area contributed by atoms with Gasteiger partial charge in [0.1, 0.15) is 11.6 Å². The third-order valence-corrected chi connectivity index (χ3v) is 3.33. The van der Waals surface area contributed by atoms with Gasteiger partial charge in [-0.25, -0.2) is 0 Å². The van der Waals surface area contributed by atoms with E-state index in [0.29, 0.717) is 6.54 Å². The molecule has 1 atom stereocenters. The maximum Gasteiger partial charge on any atom is 0.323 e. The highest BCUT2D eigenvalue weighted by Crippen LogP contribution is 2.20. The second-order valence-electron chi connectivity index (χ2n) is 6.33. The second kappa shape index (κ2) is 6.78. The summed E-state index contributed by atoms with van der Waals surface area (Å²) in [6, 6.07) is 9.76. The van der Waals surface area contributed by atoms with Crippen LogP contribution >= 0.6 is 0 Å². The number of hydrogen-bond acceptors (Lipinski definition) is 3. The molecule has 0 unspecified atom stereocenters. The first-order chi connectivity index (χ1) is 9.96. The molecule has 0 amide bonds. The van der Waals surface area contributed by atoms with Crippen molar-refractivity contribution in [1.82, 2.24) is 4.90 Å². The number of carbonyl (C=O) groups excluding carboxylic acids is 1. The summed E-state index contributed by atoms with van der Waals surface area (Å²) < 4.78 is 5.49. The Morgan fingerprint density at radius 1 is 1.33 bits per heavy atom. The van der Waals surface area contributed by atoms with E-state index in [1.54, 1.807) is 0 Å². The molecule has 0 N–H and O–H groups in total. The van der Waals surface area contributed by atoms with E-state index in [1.807, 2.05) is 51.1 Å². The smallest absolute Gasteiger partial charge is 0.323 e. The molecule has 0 radical (unpaired) electrons. The molecule has 0 aromatic heterocycles. The van der Waals surface area contributed by atoms with E-state index in [2.05, 4.69) is 16.7 Å². The first-order valence-electron chi connectivity index (χ1n) is 7.46. The zero-order chi connectivity index (χ0) is 15.3. The number of benzene rings is 1. The SMILES string of the molecule is CC(C)(C)OC(=O)[C@H]1CCCN1CC#Cc1ccccc1. The number of likely N-dealkylation sites (tertiary alicyclic amines) is 1. The van der Waals surface area contributed by atoms with Crippen molar-refractivity contribution >= 4 is 5.97 Å². The Morgan fingerprint density at radius 3 is 2.71 bits per heavy atom. The van der Waals surface area contributed by atoms with Crippen molar-refractivity contribution in [1.29, 1.82) is 0 Å². The van der Waals surface area contributed by atoms with Crippen LogP contribution in [0.3, 0.4) is 0 Å². The van der Waals surface area contributed by atoms with E-state index in [4.69, 9.17) is 4.74 Å². The minimum Gasteiger partial charge on any atom is -0.459 e. The van der Waals surface area contributed by atoms with Crippen molar-refractivity contribution in [3.8, 4) is 11.8 Å². The lowest BCUT2D eigenvalue weighted by atomic mass is 10.1. The standard InChI is InChI=1S/C18H23NO2/c1-18(2,3)21-17(20)16-12-8-14-19(16)13-7-11-15-9-5-4-6-10-15/h4-6,9-10,16H,8,12-14H2,1-3H3/t16-/m1/s1. The summed E-state index contributed by atoms with van der Waals surface area (Å²) in [5, 5.41) is 0. The summed E-state index contributed by atoms with van der Waals surface area (Å²) in [7, 11) is 0. The van der Waals surface area contributed by atoms with Crippen molar-refractivity contribution in [3.63, 3.8) is 0 Å². The van der Waals surface area contributed by atoms with Crippen LogP contribution in [-0.4, -0.2) is 35.6 Å². The zero-order valence-electron chi connectivity index (χ0n) is 13.1. The van der Waals surface area contributed by atoms with Gasteiger partial charge in [-0.3, -0.25) is 9.69 Å². The topological polar surface area (TPSA) is 29.5 Å². The van der Waals surface area contributed by atoms with Crippen LogP contribution < -0.4 is 0 Å². The fourth-order valence-electron chi connectivity index (χ4n) is 2.42. The van der Waals surface area contributed by atoms with Crippen LogP contribution in [0.25, 0.3) is 0 Å². The third kappa shape index (κ3) is 4.91. The lowest BCUT2D eigenvalue weighted by molar-refractivity contribution is -0.160. The third-order valence-electron chi connectivity index (χ3n) is 3.33. The van der Waals surface area contributed by atoms with Gasteiger partial charge in [-0.2, -0.15) is 0 Å². The summed E-state index contributed by atoms with van der Waals surface area (Å²) in [6.07, 6.45) is 1.89. The summed E-state index contributed by atoms with van der Waals surface area (Å²) >= 11 is 0. The lowest BCUT2D eigenvalue weighted by Crippen LogP contribution is -2.40. The molecule has 0 saturated carbocycles. The summed E-state index contributed by atoms with van der Waals surface area (Å²) in [4.78, 5) is 14.3. The first kappa shape index (κ1) is 15.6. The summed E-state index contributed by atoms with van der Waals surface area (Å²) in [6.45, 7) is 7.23. The first-order valence-corrected chi connectivity index (χ1v) is 7.46. The van der Waals surface area contributed by atoms with Crippen LogP contribution in [0.5, 0.6) is 0 Å². The van der Waals surface area contributed by atoms with Crippen LogP contribution in [0.4, 0.5) is 0 Å². The van der Waals surface area contributed by atoms with Gasteiger partial charge < -0.3 is 4.74 Å². The molecule has 21 heavy (non-hydrogen) atoms. The molecule has 0 aliphatic carbocycles. The molecule has 1 aliphatic heterocycles. The van der Waals surface area contributed by atoms with Crippen LogP contribution in [0.2, 0.25) is 0 Å². The molecular weight excluding hydrogens is 262 g/mol. The van der Waals surface area contributed by atoms with Gasteiger partial charge in [-0.15, -0.1) is 0 Å². The Morgan fingerprint density at radius 2 is 2.05 bits per heavy atom. The summed E-state index contributed by atoms with van der Waals surface area (Å²) in [5.41, 5.74) is 0.576. The quantitative estimate of drug-likeness (QED) is 0.618. The second-order valence-corrected chi connectivity index (χ2v) is 6.33. The number of rotatable bonds is 2. The number of carbonyl (C=O) groups is 1. The van der Waals surface area contributed by atoms with E-state index in [1.165, 1.54) is 0 Å². The van der Waals surface area contributed by atoms with Crippen molar-refractivity contribution in [3.05, 3.63) is 35.9 Å². The molecule has 1 saturated heterocycles. The van der Waals surface area contributed by atoms with Crippen molar-refractivity contribution < 1.29 is 9.53 Å². The molecule has 1 aromatic rings. The maximum absolute atomic E-state index is 12.2. The van der Waals surface area contributed by atoms with E-state index >= 15 is 0 Å². The zero-order valence-corrected chi connectivity index (χ0v) is 13.1. The molecule has 1 aromatic carbocycles. The number of esters is 1. The van der Waals surface area contributed by atoms with E-state index < -0.39 is 5.60 Å². The fourth-order valence-corrected chi connectivity index (χ4v) is 2.42. The number of hydrogen-bond donors (Lipinski definition) is 0. The molecule has 0 bridgehead atoms. The molecule has 1 fully saturated rings. The maximum atomic E-state index is 12.2. The molecule has 0 spiro atoms. The minimum absolute atomic E-state index is 0.124. The van der Waals surface area contributed by atoms with E-state index in [9.17, 15) is 4.79 Å². The Bertz CT molecular complexity index is 534. The van der Waals surface area contributed by atoms with Gasteiger partial charge in [-0.05, 0) is 45.7 Å². The van der Waals surface area contributed by atoms with Gasteiger partial charge in [0.05, 0.1) is 6.54 Å². The van der Waals surface area contributed by atoms with Crippen LogP contribution in [0.1, 0.15) is 39.2 Å². The Balaban J connectivity index is 1.94. The lowest BCUT2D eigenvalue weighted by Gasteiger charge is -2.26.